The lowest BCUT2D eigenvalue weighted by Crippen LogP contribution is -2.12. The fourth-order valence-corrected chi connectivity index (χ4v) is 2.71. The summed E-state index contributed by atoms with van der Waals surface area (Å²) in [7, 11) is 0. The van der Waals surface area contributed by atoms with E-state index in [-0.39, 0.29) is 22.8 Å². The van der Waals surface area contributed by atoms with Crippen LogP contribution in [0.3, 0.4) is 0 Å². The molecule has 0 bridgehead atoms. The van der Waals surface area contributed by atoms with Crippen LogP contribution < -0.4 is 5.32 Å². The summed E-state index contributed by atoms with van der Waals surface area (Å²) in [4.78, 5) is 32.6. The first-order valence-corrected chi connectivity index (χ1v) is 8.32. The molecule has 0 atom stereocenters. The standard InChI is InChI=1S/C17H11ClFN5O5/c18-16-5-12(19)2-1-10(16)8-22-9-13(7-20-22)21-17(25)11-3-14(23(26)27)6-15(4-11)24(28)29/h1-7,9H,8H2,(H,21,25). The van der Waals surface area contributed by atoms with Gasteiger partial charge in [0.15, 0.2) is 0 Å². The van der Waals surface area contributed by atoms with E-state index >= 15 is 0 Å². The molecule has 3 rings (SSSR count). The number of hydrogen-bond acceptors (Lipinski definition) is 6. The summed E-state index contributed by atoms with van der Waals surface area (Å²) in [5, 5.41) is 28.6. The lowest BCUT2D eigenvalue weighted by Gasteiger charge is -2.05. The lowest BCUT2D eigenvalue weighted by atomic mass is 10.1. The molecule has 0 aliphatic carbocycles. The van der Waals surface area contributed by atoms with Crippen molar-refractivity contribution in [1.82, 2.24) is 9.78 Å². The third-order valence-corrected chi connectivity index (χ3v) is 4.18. The van der Waals surface area contributed by atoms with Crippen molar-refractivity contribution in [2.24, 2.45) is 0 Å². The van der Waals surface area contributed by atoms with Gasteiger partial charge in [-0.2, -0.15) is 5.10 Å². The normalized spacial score (nSPS) is 10.6. The molecule has 0 unspecified atom stereocenters. The lowest BCUT2D eigenvalue weighted by molar-refractivity contribution is -0.394. The molecule has 12 heteroatoms. The van der Waals surface area contributed by atoms with Gasteiger partial charge in [0.05, 0.1) is 39.9 Å². The largest absolute Gasteiger partial charge is 0.319 e. The zero-order valence-corrected chi connectivity index (χ0v) is 15.2. The number of anilines is 1. The van der Waals surface area contributed by atoms with Gasteiger partial charge in [-0.3, -0.25) is 29.7 Å². The average Bonchev–Trinajstić information content (AvgIpc) is 3.10. The van der Waals surface area contributed by atoms with E-state index in [1.807, 2.05) is 0 Å². The average molecular weight is 420 g/mol. The number of carbonyl (C=O) groups is 1. The molecule has 2 aromatic carbocycles. The van der Waals surface area contributed by atoms with Crippen molar-refractivity contribution in [3.05, 3.63) is 91.0 Å². The number of hydrogen-bond donors (Lipinski definition) is 1. The highest BCUT2D eigenvalue weighted by Gasteiger charge is 2.20. The Morgan fingerprint density at radius 2 is 1.79 bits per heavy atom. The van der Waals surface area contributed by atoms with E-state index in [9.17, 15) is 29.4 Å². The zero-order chi connectivity index (χ0) is 21.1. The number of nitro groups is 2. The summed E-state index contributed by atoms with van der Waals surface area (Å²) < 4.78 is 14.5. The Hall–Kier alpha value is -3.86. The van der Waals surface area contributed by atoms with Crippen LogP contribution in [-0.2, 0) is 6.54 Å². The van der Waals surface area contributed by atoms with Crippen LogP contribution in [0.4, 0.5) is 21.5 Å². The van der Waals surface area contributed by atoms with Crippen molar-refractivity contribution in [2.45, 2.75) is 6.54 Å². The van der Waals surface area contributed by atoms with Gasteiger partial charge in [0.1, 0.15) is 5.82 Å². The number of carbonyl (C=O) groups excluding carboxylic acids is 1. The summed E-state index contributed by atoms with van der Waals surface area (Å²) in [5.74, 6) is -1.26. The summed E-state index contributed by atoms with van der Waals surface area (Å²) >= 11 is 5.97. The van der Waals surface area contributed by atoms with Gasteiger partial charge >= 0.3 is 0 Å². The van der Waals surface area contributed by atoms with Crippen LogP contribution in [0.1, 0.15) is 15.9 Å². The van der Waals surface area contributed by atoms with Crippen LogP contribution in [0.2, 0.25) is 5.02 Å². The van der Waals surface area contributed by atoms with Crippen molar-refractivity contribution in [2.75, 3.05) is 5.32 Å². The SMILES string of the molecule is O=C(Nc1cnn(Cc2ccc(F)cc2Cl)c1)c1cc([N+](=O)[O-])cc([N+](=O)[O-])c1. The van der Waals surface area contributed by atoms with Crippen LogP contribution in [0.5, 0.6) is 0 Å². The van der Waals surface area contributed by atoms with Crippen LogP contribution in [0.15, 0.2) is 48.8 Å². The molecule has 1 amide bonds. The molecule has 29 heavy (non-hydrogen) atoms. The van der Waals surface area contributed by atoms with E-state index < -0.39 is 32.9 Å². The Balaban J connectivity index is 1.78. The van der Waals surface area contributed by atoms with E-state index in [0.29, 0.717) is 5.56 Å². The molecule has 0 radical (unpaired) electrons. The third kappa shape index (κ3) is 4.71. The number of nitrogens with zero attached hydrogens (tertiary/aromatic N) is 4. The molecule has 10 nitrogen and oxygen atoms in total. The number of rotatable bonds is 6. The molecule has 0 fully saturated rings. The van der Waals surface area contributed by atoms with Gasteiger partial charge in [0, 0.05) is 23.4 Å². The van der Waals surface area contributed by atoms with Crippen molar-refractivity contribution < 1.29 is 19.0 Å². The molecule has 0 saturated heterocycles. The molecular formula is C17H11ClFN5O5. The molecule has 1 aromatic heterocycles. The second kappa shape index (κ2) is 8.02. The topological polar surface area (TPSA) is 133 Å². The predicted molar refractivity (Wildman–Crippen MR) is 100 cm³/mol. The number of halogens is 2. The Labute approximate surface area is 166 Å². The molecule has 3 aromatic rings. The number of benzene rings is 2. The van der Waals surface area contributed by atoms with Gasteiger partial charge in [-0.05, 0) is 17.7 Å². The molecule has 148 valence electrons. The number of nitro benzene ring substituents is 2. The quantitative estimate of drug-likeness (QED) is 0.477. The maximum Gasteiger partial charge on any atom is 0.277 e. The van der Waals surface area contributed by atoms with E-state index in [4.69, 9.17) is 11.6 Å². The molecular weight excluding hydrogens is 409 g/mol. The van der Waals surface area contributed by atoms with Crippen LogP contribution >= 0.6 is 11.6 Å². The van der Waals surface area contributed by atoms with E-state index in [0.717, 1.165) is 24.3 Å². The van der Waals surface area contributed by atoms with Crippen molar-refractivity contribution >= 4 is 34.6 Å². The smallest absolute Gasteiger partial charge is 0.277 e. The number of aromatic nitrogens is 2. The highest BCUT2D eigenvalue weighted by atomic mass is 35.5. The molecule has 1 heterocycles. The molecule has 0 saturated carbocycles. The van der Waals surface area contributed by atoms with Crippen molar-refractivity contribution in [3.8, 4) is 0 Å². The number of amides is 1. The highest BCUT2D eigenvalue weighted by Crippen LogP contribution is 2.24. The van der Waals surface area contributed by atoms with Crippen molar-refractivity contribution in [3.63, 3.8) is 0 Å². The fraction of sp³-hybridized carbons (Fsp3) is 0.0588. The van der Waals surface area contributed by atoms with Gasteiger partial charge in [-0.1, -0.05) is 17.7 Å². The second-order valence-corrected chi connectivity index (χ2v) is 6.28. The maximum atomic E-state index is 13.1. The summed E-state index contributed by atoms with van der Waals surface area (Å²) in [6.45, 7) is 0.206. The molecule has 1 N–H and O–H groups in total. The Morgan fingerprint density at radius 3 is 2.38 bits per heavy atom. The van der Waals surface area contributed by atoms with Gasteiger partial charge in [-0.15, -0.1) is 0 Å². The zero-order valence-electron chi connectivity index (χ0n) is 14.4. The minimum Gasteiger partial charge on any atom is -0.319 e. The van der Waals surface area contributed by atoms with Gasteiger partial charge < -0.3 is 5.32 Å². The fourth-order valence-electron chi connectivity index (χ4n) is 2.48. The number of non-ortho nitro benzene ring substituents is 2. The Kier molecular flexibility index (Phi) is 5.50. The van der Waals surface area contributed by atoms with E-state index in [2.05, 4.69) is 10.4 Å². The summed E-state index contributed by atoms with van der Waals surface area (Å²) in [6, 6.07) is 6.55. The van der Waals surface area contributed by atoms with Crippen LogP contribution in [0, 0.1) is 26.0 Å². The Bertz CT molecular complexity index is 1100. The molecule has 0 spiro atoms. The van der Waals surface area contributed by atoms with Crippen LogP contribution in [-0.4, -0.2) is 25.5 Å². The maximum absolute atomic E-state index is 13.1. The first-order chi connectivity index (χ1) is 13.7. The summed E-state index contributed by atoms with van der Waals surface area (Å²) in [6.07, 6.45) is 2.78. The monoisotopic (exact) mass is 419 g/mol. The van der Waals surface area contributed by atoms with Crippen LogP contribution in [0.25, 0.3) is 0 Å². The predicted octanol–water partition coefficient (Wildman–Crippen LogP) is 3.79. The first-order valence-electron chi connectivity index (χ1n) is 7.94. The minimum atomic E-state index is -0.825. The Morgan fingerprint density at radius 1 is 1.14 bits per heavy atom. The van der Waals surface area contributed by atoms with Gasteiger partial charge in [-0.25, -0.2) is 4.39 Å². The van der Waals surface area contributed by atoms with Gasteiger partial charge in [0.2, 0.25) is 0 Å². The van der Waals surface area contributed by atoms with E-state index in [1.165, 1.54) is 29.2 Å². The third-order valence-electron chi connectivity index (χ3n) is 3.82. The number of nitrogens with one attached hydrogen (secondary N) is 1. The summed E-state index contributed by atoms with van der Waals surface area (Å²) in [5.41, 5.74) is -0.553. The highest BCUT2D eigenvalue weighted by molar-refractivity contribution is 6.31. The molecule has 0 aliphatic rings. The second-order valence-electron chi connectivity index (χ2n) is 5.87. The van der Waals surface area contributed by atoms with Gasteiger partial charge in [0.25, 0.3) is 17.3 Å². The first kappa shape index (κ1) is 19.9. The minimum absolute atomic E-state index is 0.206. The molecule has 0 aliphatic heterocycles. The van der Waals surface area contributed by atoms with E-state index in [1.54, 1.807) is 0 Å². The van der Waals surface area contributed by atoms with Crippen molar-refractivity contribution in [1.29, 1.82) is 0 Å².